The van der Waals surface area contributed by atoms with Crippen LogP contribution in [0.4, 0.5) is 13.6 Å². The fraction of sp³-hybridized carbons (Fsp3) is 0.812. The summed E-state index contributed by atoms with van der Waals surface area (Å²) >= 11 is 0. The number of nitrogens with one attached hydrogen (secondary N) is 1. The van der Waals surface area contributed by atoms with Gasteiger partial charge in [-0.3, -0.25) is 10.1 Å². The van der Waals surface area contributed by atoms with Gasteiger partial charge in [-0.1, -0.05) is 0 Å². The van der Waals surface area contributed by atoms with E-state index in [0.717, 1.165) is 0 Å². The first-order valence-electron chi connectivity index (χ1n) is 8.13. The summed E-state index contributed by atoms with van der Waals surface area (Å²) < 4.78 is 39.1. The van der Waals surface area contributed by atoms with Gasteiger partial charge in [-0.15, -0.1) is 0 Å². The van der Waals surface area contributed by atoms with Gasteiger partial charge in [0.2, 0.25) is 5.54 Å². The van der Waals surface area contributed by atoms with E-state index in [4.69, 9.17) is 9.47 Å². The van der Waals surface area contributed by atoms with Crippen molar-refractivity contribution in [3.8, 4) is 0 Å². The Hall–Kier alpha value is -1.93. The second-order valence-electron chi connectivity index (χ2n) is 7.07. The maximum Gasteiger partial charge on any atom is 0.408 e. The molecule has 2 N–H and O–H groups in total. The van der Waals surface area contributed by atoms with E-state index in [-0.39, 0.29) is 19.4 Å². The number of amides is 1. The van der Waals surface area contributed by atoms with Gasteiger partial charge in [0.15, 0.2) is 0 Å². The SMILES string of the molecule is CCOC(=O)C1CCC(F)(F)C(NC(=O)OC(C)(C)C)(C(=O)O)CC1. The molecule has 2 atom stereocenters. The number of hydrogen-bond acceptors (Lipinski definition) is 5. The molecule has 1 amide bonds. The number of carboxylic acids is 1. The highest BCUT2D eigenvalue weighted by Gasteiger charge is 2.62. The molecule has 7 nitrogen and oxygen atoms in total. The lowest BCUT2D eigenvalue weighted by atomic mass is 9.86. The maximum atomic E-state index is 14.6. The van der Waals surface area contributed by atoms with Crippen LogP contribution in [-0.4, -0.2) is 46.8 Å². The molecule has 0 aromatic heterocycles. The smallest absolute Gasteiger partial charge is 0.408 e. The monoisotopic (exact) mass is 365 g/mol. The molecule has 9 heteroatoms. The number of hydrogen-bond donors (Lipinski definition) is 2. The molecule has 0 spiro atoms. The highest BCUT2D eigenvalue weighted by atomic mass is 19.3. The van der Waals surface area contributed by atoms with Crippen molar-refractivity contribution in [2.45, 2.75) is 70.4 Å². The van der Waals surface area contributed by atoms with Crippen LogP contribution in [0.15, 0.2) is 0 Å². The Bertz CT molecular complexity index is 531. The Labute approximate surface area is 145 Å². The van der Waals surface area contributed by atoms with Gasteiger partial charge in [-0.25, -0.2) is 18.4 Å². The van der Waals surface area contributed by atoms with Crippen molar-refractivity contribution in [1.29, 1.82) is 0 Å². The number of alkyl carbamates (subject to hydrolysis) is 1. The molecule has 2 unspecified atom stereocenters. The van der Waals surface area contributed by atoms with Crippen molar-refractivity contribution in [1.82, 2.24) is 5.32 Å². The second kappa shape index (κ2) is 7.53. The minimum atomic E-state index is -3.75. The van der Waals surface area contributed by atoms with Crippen LogP contribution < -0.4 is 5.32 Å². The molecule has 1 fully saturated rings. The van der Waals surface area contributed by atoms with Gasteiger partial charge in [0, 0.05) is 6.42 Å². The van der Waals surface area contributed by atoms with E-state index in [0.29, 0.717) is 0 Å². The van der Waals surface area contributed by atoms with Gasteiger partial charge in [0.1, 0.15) is 5.60 Å². The number of halogens is 2. The number of alkyl halides is 2. The first-order valence-corrected chi connectivity index (χ1v) is 8.13. The summed E-state index contributed by atoms with van der Waals surface area (Å²) in [4.78, 5) is 35.4. The van der Waals surface area contributed by atoms with Crippen molar-refractivity contribution >= 4 is 18.0 Å². The first-order chi connectivity index (χ1) is 11.3. The predicted molar refractivity (Wildman–Crippen MR) is 83.3 cm³/mol. The van der Waals surface area contributed by atoms with E-state index in [2.05, 4.69) is 0 Å². The van der Waals surface area contributed by atoms with Crippen LogP contribution in [0.25, 0.3) is 0 Å². The third-order valence-electron chi connectivity index (χ3n) is 4.00. The third kappa shape index (κ3) is 5.02. The Morgan fingerprint density at radius 2 is 1.76 bits per heavy atom. The van der Waals surface area contributed by atoms with E-state index < -0.39 is 53.9 Å². The summed E-state index contributed by atoms with van der Waals surface area (Å²) in [5.74, 6) is -7.10. The minimum Gasteiger partial charge on any atom is -0.479 e. The van der Waals surface area contributed by atoms with E-state index >= 15 is 0 Å². The average Bonchev–Trinajstić information content (AvgIpc) is 2.55. The van der Waals surface area contributed by atoms with Crippen LogP contribution >= 0.6 is 0 Å². The minimum absolute atomic E-state index is 0.103. The lowest BCUT2D eigenvalue weighted by molar-refractivity contribution is -0.167. The topological polar surface area (TPSA) is 102 Å². The standard InChI is InChI=1S/C16H25F2NO6/c1-5-24-11(20)10-6-8-15(12(21)22,16(17,18)9-7-10)19-13(23)25-14(2,3)4/h10H,5-9H2,1-4H3,(H,19,23)(H,21,22). The summed E-state index contributed by atoms with van der Waals surface area (Å²) in [5.41, 5.74) is -3.81. The van der Waals surface area contributed by atoms with Crippen molar-refractivity contribution < 1.29 is 37.7 Å². The number of carbonyl (C=O) groups excluding carboxylic acids is 2. The van der Waals surface area contributed by atoms with Crippen molar-refractivity contribution in [3.63, 3.8) is 0 Å². The summed E-state index contributed by atoms with van der Waals surface area (Å²) in [6.45, 7) is 6.28. The van der Waals surface area contributed by atoms with E-state index in [1.54, 1.807) is 6.92 Å². The zero-order valence-electron chi connectivity index (χ0n) is 14.9. The van der Waals surface area contributed by atoms with Gasteiger partial charge < -0.3 is 14.6 Å². The molecule has 144 valence electrons. The second-order valence-corrected chi connectivity index (χ2v) is 7.07. The molecular weight excluding hydrogens is 340 g/mol. The van der Waals surface area contributed by atoms with Crippen LogP contribution in [-0.2, 0) is 19.1 Å². The molecule has 1 aliphatic carbocycles. The van der Waals surface area contributed by atoms with Gasteiger partial charge >= 0.3 is 18.0 Å². The molecule has 0 aromatic rings. The number of carboxylic acid groups (broad SMARTS) is 1. The van der Waals surface area contributed by atoms with Crippen molar-refractivity contribution in [3.05, 3.63) is 0 Å². The molecule has 1 saturated carbocycles. The fourth-order valence-corrected chi connectivity index (χ4v) is 2.73. The molecule has 25 heavy (non-hydrogen) atoms. The average molecular weight is 365 g/mol. The lowest BCUT2D eigenvalue weighted by Gasteiger charge is -2.36. The van der Waals surface area contributed by atoms with Crippen LogP contribution in [0.3, 0.4) is 0 Å². The highest BCUT2D eigenvalue weighted by molar-refractivity contribution is 5.86. The highest BCUT2D eigenvalue weighted by Crippen LogP contribution is 2.43. The zero-order chi connectivity index (χ0) is 19.5. The Balaban J connectivity index is 3.08. The zero-order valence-corrected chi connectivity index (χ0v) is 14.9. The van der Waals surface area contributed by atoms with Crippen molar-refractivity contribution in [2.75, 3.05) is 6.61 Å². The number of ether oxygens (including phenoxy) is 2. The number of carbonyl (C=O) groups is 3. The first kappa shape index (κ1) is 21.1. The summed E-state index contributed by atoms with van der Waals surface area (Å²) in [7, 11) is 0. The molecule has 0 saturated heterocycles. The van der Waals surface area contributed by atoms with Crippen LogP contribution in [0, 0.1) is 5.92 Å². The van der Waals surface area contributed by atoms with Crippen LogP contribution in [0.2, 0.25) is 0 Å². The molecule has 1 rings (SSSR count). The Morgan fingerprint density at radius 1 is 1.20 bits per heavy atom. The van der Waals surface area contributed by atoms with Crippen LogP contribution in [0.1, 0.15) is 53.4 Å². The van der Waals surface area contributed by atoms with Crippen molar-refractivity contribution in [2.24, 2.45) is 5.92 Å². The Kier molecular flexibility index (Phi) is 6.36. The predicted octanol–water partition coefficient (Wildman–Crippen LogP) is 2.72. The normalized spacial score (nSPS) is 26.2. The van der Waals surface area contributed by atoms with Gasteiger partial charge in [-0.2, -0.15) is 0 Å². The Morgan fingerprint density at radius 3 is 2.24 bits per heavy atom. The van der Waals surface area contributed by atoms with E-state index in [1.165, 1.54) is 20.8 Å². The number of esters is 1. The molecule has 0 bridgehead atoms. The third-order valence-corrected chi connectivity index (χ3v) is 4.00. The molecule has 0 aliphatic heterocycles. The fourth-order valence-electron chi connectivity index (χ4n) is 2.73. The molecule has 0 radical (unpaired) electrons. The summed E-state index contributed by atoms with van der Waals surface area (Å²) in [6, 6.07) is 0. The van der Waals surface area contributed by atoms with Crippen LogP contribution in [0.5, 0.6) is 0 Å². The molecule has 0 heterocycles. The molecule has 1 aliphatic rings. The lowest BCUT2D eigenvalue weighted by Crippen LogP contribution is -2.65. The summed E-state index contributed by atoms with van der Waals surface area (Å²) in [6.07, 6.45) is -3.09. The summed E-state index contributed by atoms with van der Waals surface area (Å²) in [5, 5.41) is 11.3. The maximum absolute atomic E-state index is 14.6. The molecule has 0 aromatic carbocycles. The largest absolute Gasteiger partial charge is 0.479 e. The van der Waals surface area contributed by atoms with Gasteiger partial charge in [0.05, 0.1) is 12.5 Å². The van der Waals surface area contributed by atoms with Gasteiger partial charge in [0.25, 0.3) is 5.92 Å². The quantitative estimate of drug-likeness (QED) is 0.587. The number of rotatable bonds is 4. The van der Waals surface area contributed by atoms with E-state index in [9.17, 15) is 28.3 Å². The molecular formula is C16H25F2NO6. The van der Waals surface area contributed by atoms with E-state index in [1.807, 2.05) is 5.32 Å². The number of aliphatic carboxylic acids is 1. The van der Waals surface area contributed by atoms with Gasteiger partial charge in [-0.05, 0) is 47.0 Å².